The summed E-state index contributed by atoms with van der Waals surface area (Å²) in [6.07, 6.45) is 3.73. The lowest BCUT2D eigenvalue weighted by atomic mass is 9.89. The van der Waals surface area contributed by atoms with E-state index in [-0.39, 0.29) is 6.04 Å². The van der Waals surface area contributed by atoms with Gasteiger partial charge in [0.25, 0.3) is 0 Å². The number of hydrogen-bond acceptors (Lipinski definition) is 2. The molecule has 0 spiro atoms. The summed E-state index contributed by atoms with van der Waals surface area (Å²) in [5.74, 6) is 1.21. The summed E-state index contributed by atoms with van der Waals surface area (Å²) in [4.78, 5) is 14.5. The highest BCUT2D eigenvalue weighted by Crippen LogP contribution is 2.26. The molecule has 1 amide bonds. The van der Waals surface area contributed by atoms with E-state index in [0.29, 0.717) is 24.2 Å². The number of rotatable bonds is 5. The van der Waals surface area contributed by atoms with Gasteiger partial charge in [0.2, 0.25) is 5.91 Å². The lowest BCUT2D eigenvalue weighted by Crippen LogP contribution is -2.42. The van der Waals surface area contributed by atoms with E-state index in [9.17, 15) is 4.79 Å². The fourth-order valence-electron chi connectivity index (χ4n) is 3.24. The number of nitrogens with two attached hydrogens (primary N) is 1. The molecule has 1 aromatic rings. The number of nitrogens with zero attached hydrogens (tertiary/aromatic N) is 1. The van der Waals surface area contributed by atoms with Crippen LogP contribution in [0.1, 0.15) is 51.0 Å². The number of benzene rings is 1. The van der Waals surface area contributed by atoms with Gasteiger partial charge in [-0.3, -0.25) is 4.79 Å². The van der Waals surface area contributed by atoms with Crippen molar-refractivity contribution in [1.82, 2.24) is 4.90 Å². The summed E-state index contributed by atoms with van der Waals surface area (Å²) >= 11 is 0. The maximum absolute atomic E-state index is 12.5. The lowest BCUT2D eigenvalue weighted by molar-refractivity contribution is -0.133. The molecule has 2 N–H and O–H groups in total. The molecule has 2 unspecified atom stereocenters. The topological polar surface area (TPSA) is 46.3 Å². The van der Waals surface area contributed by atoms with Crippen molar-refractivity contribution in [2.45, 2.75) is 51.5 Å². The highest BCUT2D eigenvalue weighted by molar-refractivity contribution is 5.77. The van der Waals surface area contributed by atoms with Crippen LogP contribution >= 0.6 is 0 Å². The Hall–Kier alpha value is -1.35. The Morgan fingerprint density at radius 1 is 1.29 bits per heavy atom. The van der Waals surface area contributed by atoms with Crippen LogP contribution in [0.15, 0.2) is 30.3 Å². The van der Waals surface area contributed by atoms with Crippen molar-refractivity contribution in [2.24, 2.45) is 11.7 Å². The number of amides is 1. The second-order valence-electron chi connectivity index (χ2n) is 6.30. The maximum atomic E-state index is 12.5. The molecule has 116 valence electrons. The van der Waals surface area contributed by atoms with Gasteiger partial charge in [-0.1, -0.05) is 37.3 Å². The van der Waals surface area contributed by atoms with Crippen LogP contribution in [0.5, 0.6) is 0 Å². The van der Waals surface area contributed by atoms with Gasteiger partial charge in [-0.15, -0.1) is 0 Å². The summed E-state index contributed by atoms with van der Waals surface area (Å²) in [5, 5.41) is 0. The van der Waals surface area contributed by atoms with Gasteiger partial charge >= 0.3 is 0 Å². The average molecular weight is 288 g/mol. The molecule has 1 aliphatic rings. The van der Waals surface area contributed by atoms with Gasteiger partial charge in [-0.25, -0.2) is 0 Å². The Bertz CT molecular complexity index is 436. The first-order chi connectivity index (χ1) is 10.1. The molecule has 2 rings (SSSR count). The van der Waals surface area contributed by atoms with E-state index in [0.717, 1.165) is 32.4 Å². The number of hydrogen-bond donors (Lipinski definition) is 1. The fraction of sp³-hybridized carbons (Fsp3) is 0.611. The fourth-order valence-corrected chi connectivity index (χ4v) is 3.24. The maximum Gasteiger partial charge on any atom is 0.223 e. The van der Waals surface area contributed by atoms with E-state index in [2.05, 4.69) is 38.1 Å². The third kappa shape index (κ3) is 4.31. The Morgan fingerprint density at radius 2 is 1.90 bits per heavy atom. The molecule has 0 aromatic heterocycles. The molecule has 3 heteroatoms. The Balaban J connectivity index is 1.89. The molecular weight excluding hydrogens is 260 g/mol. The van der Waals surface area contributed by atoms with E-state index in [1.165, 1.54) is 5.56 Å². The van der Waals surface area contributed by atoms with Gasteiger partial charge in [0.05, 0.1) is 0 Å². The third-order valence-electron chi connectivity index (χ3n) is 4.82. The predicted molar refractivity (Wildman–Crippen MR) is 87.0 cm³/mol. The highest BCUT2D eigenvalue weighted by atomic mass is 16.2. The molecule has 3 nitrogen and oxygen atoms in total. The average Bonchev–Trinajstić information content (AvgIpc) is 2.53. The van der Waals surface area contributed by atoms with Crippen molar-refractivity contribution in [1.29, 1.82) is 0 Å². The zero-order chi connectivity index (χ0) is 15.2. The zero-order valence-corrected chi connectivity index (χ0v) is 13.3. The van der Waals surface area contributed by atoms with Crippen molar-refractivity contribution in [3.8, 4) is 0 Å². The minimum atomic E-state index is 0.245. The van der Waals surface area contributed by atoms with Crippen LogP contribution in [-0.4, -0.2) is 29.9 Å². The number of carbonyl (C=O) groups is 1. The molecule has 1 heterocycles. The lowest BCUT2D eigenvalue weighted by Gasteiger charge is -2.34. The summed E-state index contributed by atoms with van der Waals surface area (Å²) < 4.78 is 0. The van der Waals surface area contributed by atoms with Gasteiger partial charge in [0, 0.05) is 25.6 Å². The van der Waals surface area contributed by atoms with Crippen LogP contribution in [-0.2, 0) is 4.79 Å². The zero-order valence-electron chi connectivity index (χ0n) is 13.3. The van der Waals surface area contributed by atoms with E-state index in [4.69, 9.17) is 5.73 Å². The highest BCUT2D eigenvalue weighted by Gasteiger charge is 2.26. The summed E-state index contributed by atoms with van der Waals surface area (Å²) in [7, 11) is 0. The Labute approximate surface area is 128 Å². The SMILES string of the molecule is CCC(CC(=O)N1CCC(C(C)N)CC1)c1ccccc1. The molecule has 0 radical (unpaired) electrons. The number of carbonyl (C=O) groups excluding carboxylic acids is 1. The van der Waals surface area contributed by atoms with E-state index >= 15 is 0 Å². The van der Waals surface area contributed by atoms with E-state index in [1.54, 1.807) is 0 Å². The quantitative estimate of drug-likeness (QED) is 0.904. The van der Waals surface area contributed by atoms with Crippen molar-refractivity contribution < 1.29 is 4.79 Å². The smallest absolute Gasteiger partial charge is 0.223 e. The van der Waals surface area contributed by atoms with Gasteiger partial charge in [-0.2, -0.15) is 0 Å². The first-order valence-corrected chi connectivity index (χ1v) is 8.20. The minimum absolute atomic E-state index is 0.245. The molecule has 2 atom stereocenters. The van der Waals surface area contributed by atoms with E-state index in [1.807, 2.05) is 11.0 Å². The monoisotopic (exact) mass is 288 g/mol. The molecule has 0 bridgehead atoms. The summed E-state index contributed by atoms with van der Waals surface area (Å²) in [5.41, 5.74) is 7.24. The largest absolute Gasteiger partial charge is 0.343 e. The minimum Gasteiger partial charge on any atom is -0.343 e. The summed E-state index contributed by atoms with van der Waals surface area (Å²) in [6.45, 7) is 5.98. The van der Waals surface area contributed by atoms with Crippen molar-refractivity contribution in [2.75, 3.05) is 13.1 Å². The van der Waals surface area contributed by atoms with Gasteiger partial charge < -0.3 is 10.6 Å². The Kier molecular flexibility index (Phi) is 5.80. The number of piperidine rings is 1. The van der Waals surface area contributed by atoms with Crippen LogP contribution in [0, 0.1) is 5.92 Å². The van der Waals surface area contributed by atoms with Crippen LogP contribution < -0.4 is 5.73 Å². The molecule has 0 aliphatic carbocycles. The van der Waals surface area contributed by atoms with E-state index < -0.39 is 0 Å². The second-order valence-corrected chi connectivity index (χ2v) is 6.30. The van der Waals surface area contributed by atoms with Crippen molar-refractivity contribution in [3.05, 3.63) is 35.9 Å². The predicted octanol–water partition coefficient (Wildman–Crippen LogP) is 3.16. The molecule has 21 heavy (non-hydrogen) atoms. The van der Waals surface area contributed by atoms with Crippen molar-refractivity contribution >= 4 is 5.91 Å². The van der Waals surface area contributed by atoms with Crippen LogP contribution in [0.3, 0.4) is 0 Å². The van der Waals surface area contributed by atoms with Crippen LogP contribution in [0.4, 0.5) is 0 Å². The molecule has 1 fully saturated rings. The molecule has 1 aromatic carbocycles. The second kappa shape index (κ2) is 7.60. The van der Waals surface area contributed by atoms with Gasteiger partial charge in [-0.05, 0) is 43.6 Å². The molecular formula is C18H28N2O. The van der Waals surface area contributed by atoms with Crippen LogP contribution in [0.2, 0.25) is 0 Å². The molecule has 1 aliphatic heterocycles. The Morgan fingerprint density at radius 3 is 2.43 bits per heavy atom. The summed E-state index contributed by atoms with van der Waals surface area (Å²) in [6, 6.07) is 10.6. The first kappa shape index (κ1) is 16.0. The van der Waals surface area contributed by atoms with Gasteiger partial charge in [0.15, 0.2) is 0 Å². The standard InChI is InChI=1S/C18H28N2O/c1-3-15(17-7-5-4-6-8-17)13-18(21)20-11-9-16(10-12-20)14(2)19/h4-8,14-16H,3,9-13,19H2,1-2H3. The molecule has 0 saturated carbocycles. The third-order valence-corrected chi connectivity index (χ3v) is 4.82. The van der Waals surface area contributed by atoms with Crippen molar-refractivity contribution in [3.63, 3.8) is 0 Å². The van der Waals surface area contributed by atoms with Gasteiger partial charge in [0.1, 0.15) is 0 Å². The molecule has 1 saturated heterocycles. The van der Waals surface area contributed by atoms with Crippen LogP contribution in [0.25, 0.3) is 0 Å². The normalized spacial score (nSPS) is 19.3. The first-order valence-electron chi connectivity index (χ1n) is 8.20. The number of likely N-dealkylation sites (tertiary alicyclic amines) is 1.